The second kappa shape index (κ2) is 4.04. The summed E-state index contributed by atoms with van der Waals surface area (Å²) in [5, 5.41) is 0. The Morgan fingerprint density at radius 3 is 2.35 bits per heavy atom. The molecule has 0 N–H and O–H groups in total. The van der Waals surface area contributed by atoms with Gasteiger partial charge in [0, 0.05) is 7.05 Å². The summed E-state index contributed by atoms with van der Waals surface area (Å²) in [5.74, 6) is 0. The van der Waals surface area contributed by atoms with Crippen LogP contribution in [0.3, 0.4) is 0 Å². The molecule has 1 aliphatic rings. The number of thiocarbonyl (C=S) groups is 1. The summed E-state index contributed by atoms with van der Waals surface area (Å²) in [4.78, 5) is 2.29. The summed E-state index contributed by atoms with van der Waals surface area (Å²) in [5.41, 5.74) is -0.229. The molecule has 0 spiro atoms. The molecular weight excluding hydrogens is 258 g/mol. The molecule has 1 aliphatic heterocycles. The van der Waals surface area contributed by atoms with Gasteiger partial charge in [0.05, 0.1) is 12.8 Å². The van der Waals surface area contributed by atoms with Crippen LogP contribution in [-0.2, 0) is 19.9 Å². The van der Waals surface area contributed by atoms with E-state index in [4.69, 9.17) is 16.4 Å². The van der Waals surface area contributed by atoms with Crippen molar-refractivity contribution in [2.24, 2.45) is 0 Å². The molecule has 2 rings (SSSR count). The van der Waals surface area contributed by atoms with Crippen LogP contribution in [0.4, 0.5) is 0 Å². The normalized spacial score (nSPS) is 24.6. The standard InChI is InChI=1S/C11H13NO3S2/c1-12-8-11(10(12)16,15-17(2,13)14)9-6-4-3-5-7-9/h3-7H,8H2,1-2H3. The highest BCUT2D eigenvalue weighted by atomic mass is 32.2. The number of nitrogens with zero attached hydrogens (tertiary/aromatic N) is 1. The lowest BCUT2D eigenvalue weighted by atomic mass is 9.86. The van der Waals surface area contributed by atoms with Crippen molar-refractivity contribution in [2.45, 2.75) is 5.60 Å². The van der Waals surface area contributed by atoms with Gasteiger partial charge in [0.2, 0.25) is 0 Å². The molecule has 1 atom stereocenters. The van der Waals surface area contributed by atoms with Gasteiger partial charge in [-0.05, 0) is 5.56 Å². The summed E-state index contributed by atoms with van der Waals surface area (Å²) in [7, 11) is -1.75. The molecule has 1 unspecified atom stereocenters. The predicted molar refractivity (Wildman–Crippen MR) is 69.3 cm³/mol. The largest absolute Gasteiger partial charge is 0.363 e. The lowest BCUT2D eigenvalue weighted by molar-refractivity contribution is 0.0679. The van der Waals surface area contributed by atoms with E-state index in [0.717, 1.165) is 11.8 Å². The van der Waals surface area contributed by atoms with E-state index in [0.29, 0.717) is 11.5 Å². The number of likely N-dealkylation sites (N-methyl/N-ethyl adjacent to an activating group) is 1. The summed E-state index contributed by atoms with van der Waals surface area (Å²) < 4.78 is 27.9. The van der Waals surface area contributed by atoms with Gasteiger partial charge in [0.25, 0.3) is 10.1 Å². The molecule has 1 saturated heterocycles. The average molecular weight is 271 g/mol. The molecule has 0 radical (unpaired) electrons. The molecule has 1 aromatic rings. The molecule has 0 aliphatic carbocycles. The Balaban J connectivity index is 2.44. The molecule has 17 heavy (non-hydrogen) atoms. The third-order valence-electron chi connectivity index (χ3n) is 2.69. The van der Waals surface area contributed by atoms with Crippen LogP contribution in [0.15, 0.2) is 30.3 Å². The van der Waals surface area contributed by atoms with Crippen molar-refractivity contribution in [3.63, 3.8) is 0 Å². The molecule has 1 aromatic carbocycles. The van der Waals surface area contributed by atoms with Crippen molar-refractivity contribution < 1.29 is 12.6 Å². The summed E-state index contributed by atoms with van der Waals surface area (Å²) in [6, 6.07) is 9.19. The minimum Gasteiger partial charge on any atom is -0.363 e. The van der Waals surface area contributed by atoms with Gasteiger partial charge in [0.15, 0.2) is 5.60 Å². The zero-order valence-electron chi connectivity index (χ0n) is 9.58. The topological polar surface area (TPSA) is 46.6 Å². The van der Waals surface area contributed by atoms with Crippen molar-refractivity contribution in [1.29, 1.82) is 0 Å². The zero-order valence-corrected chi connectivity index (χ0v) is 11.2. The van der Waals surface area contributed by atoms with E-state index in [2.05, 4.69) is 0 Å². The Hall–Kier alpha value is -0.980. The van der Waals surface area contributed by atoms with E-state index in [9.17, 15) is 8.42 Å². The number of likely N-dealkylation sites (tertiary alicyclic amines) is 1. The second-order valence-corrected chi connectivity index (χ2v) is 6.10. The van der Waals surface area contributed by atoms with E-state index < -0.39 is 15.7 Å². The maximum absolute atomic E-state index is 11.4. The smallest absolute Gasteiger partial charge is 0.265 e. The number of benzene rings is 1. The van der Waals surface area contributed by atoms with Gasteiger partial charge in [-0.1, -0.05) is 42.5 Å². The lowest BCUT2D eigenvalue weighted by Crippen LogP contribution is -2.63. The molecule has 0 saturated carbocycles. The maximum Gasteiger partial charge on any atom is 0.265 e. The number of hydrogen-bond donors (Lipinski definition) is 0. The van der Waals surface area contributed by atoms with Crippen molar-refractivity contribution in [3.05, 3.63) is 35.9 Å². The predicted octanol–water partition coefficient (Wildman–Crippen LogP) is 1.13. The highest BCUT2D eigenvalue weighted by Gasteiger charge is 2.52. The molecule has 92 valence electrons. The Bertz CT molecular complexity index is 541. The van der Waals surface area contributed by atoms with E-state index in [1.807, 2.05) is 37.4 Å². The van der Waals surface area contributed by atoms with Crippen molar-refractivity contribution in [3.8, 4) is 0 Å². The molecule has 0 amide bonds. The first-order chi connectivity index (χ1) is 7.85. The first-order valence-corrected chi connectivity index (χ1v) is 7.29. The SMILES string of the molecule is CN1CC(OS(C)(=O)=O)(c2ccccc2)C1=S. The van der Waals surface area contributed by atoms with Crippen LogP contribution < -0.4 is 0 Å². The van der Waals surface area contributed by atoms with Gasteiger partial charge in [-0.15, -0.1) is 0 Å². The van der Waals surface area contributed by atoms with Gasteiger partial charge in [0.1, 0.15) is 4.99 Å². The van der Waals surface area contributed by atoms with Crippen molar-refractivity contribution in [2.75, 3.05) is 19.8 Å². The molecule has 1 fully saturated rings. The third-order valence-corrected chi connectivity index (χ3v) is 3.91. The van der Waals surface area contributed by atoms with Gasteiger partial charge in [-0.3, -0.25) is 0 Å². The maximum atomic E-state index is 11.4. The number of rotatable bonds is 3. The van der Waals surface area contributed by atoms with Crippen LogP contribution in [0.25, 0.3) is 0 Å². The molecule has 6 heteroatoms. The minimum atomic E-state index is -3.56. The number of hydrogen-bond acceptors (Lipinski definition) is 4. The third kappa shape index (κ3) is 2.20. The van der Waals surface area contributed by atoms with Crippen molar-refractivity contribution >= 4 is 27.3 Å². The molecule has 0 aromatic heterocycles. The fourth-order valence-electron chi connectivity index (χ4n) is 1.98. The van der Waals surface area contributed by atoms with Crippen LogP contribution in [0.2, 0.25) is 0 Å². The van der Waals surface area contributed by atoms with Crippen LogP contribution >= 0.6 is 12.2 Å². The van der Waals surface area contributed by atoms with Gasteiger partial charge < -0.3 is 4.90 Å². The molecule has 4 nitrogen and oxygen atoms in total. The highest BCUT2D eigenvalue weighted by Crippen LogP contribution is 2.38. The first-order valence-electron chi connectivity index (χ1n) is 5.07. The first kappa shape index (κ1) is 12.5. The Morgan fingerprint density at radius 2 is 1.94 bits per heavy atom. The molecular formula is C11H13NO3S2. The Labute approximate surface area is 106 Å². The lowest BCUT2D eigenvalue weighted by Gasteiger charge is -2.48. The highest BCUT2D eigenvalue weighted by molar-refractivity contribution is 7.86. The van der Waals surface area contributed by atoms with Crippen molar-refractivity contribution in [1.82, 2.24) is 4.90 Å². The fraction of sp³-hybridized carbons (Fsp3) is 0.364. The summed E-state index contributed by atoms with van der Waals surface area (Å²) in [6.07, 6.45) is 1.04. The van der Waals surface area contributed by atoms with Gasteiger partial charge >= 0.3 is 0 Å². The zero-order chi connectivity index (χ0) is 12.7. The minimum absolute atomic E-state index is 0.447. The molecule has 0 bridgehead atoms. The van der Waals surface area contributed by atoms with Crippen LogP contribution in [0, 0.1) is 0 Å². The van der Waals surface area contributed by atoms with E-state index >= 15 is 0 Å². The van der Waals surface area contributed by atoms with E-state index in [-0.39, 0.29) is 0 Å². The van der Waals surface area contributed by atoms with Gasteiger partial charge in [-0.2, -0.15) is 8.42 Å². The fourth-order valence-corrected chi connectivity index (χ4v) is 3.07. The van der Waals surface area contributed by atoms with Crippen LogP contribution in [0.5, 0.6) is 0 Å². The summed E-state index contributed by atoms with van der Waals surface area (Å²) in [6.45, 7) is 0.447. The summed E-state index contributed by atoms with van der Waals surface area (Å²) >= 11 is 5.23. The van der Waals surface area contributed by atoms with Crippen LogP contribution in [-0.4, -0.2) is 38.2 Å². The molecule has 1 heterocycles. The van der Waals surface area contributed by atoms with E-state index in [1.165, 1.54) is 0 Å². The van der Waals surface area contributed by atoms with Crippen LogP contribution in [0.1, 0.15) is 5.56 Å². The van der Waals surface area contributed by atoms with E-state index in [1.54, 1.807) is 4.90 Å². The Kier molecular flexibility index (Phi) is 2.97. The van der Waals surface area contributed by atoms with Gasteiger partial charge in [-0.25, -0.2) is 4.18 Å². The monoisotopic (exact) mass is 271 g/mol. The second-order valence-electron chi connectivity index (χ2n) is 4.14. The quantitative estimate of drug-likeness (QED) is 0.609. The Morgan fingerprint density at radius 1 is 1.35 bits per heavy atom. The average Bonchev–Trinajstić information content (AvgIpc) is 2.27.